The number of carboxylic acid groups (broad SMARTS) is 2. The lowest BCUT2D eigenvalue weighted by atomic mass is 9.80. The number of carbonyl (C=O) groups is 2. The molecule has 182 valence electrons. The van der Waals surface area contributed by atoms with Crippen LogP contribution in [0.2, 0.25) is 0 Å². The molecule has 4 nitrogen and oxygen atoms in total. The van der Waals surface area contributed by atoms with Gasteiger partial charge in [-0.1, -0.05) is 105 Å². The summed E-state index contributed by atoms with van der Waals surface area (Å²) in [6, 6.07) is 3.04. The van der Waals surface area contributed by atoms with Gasteiger partial charge >= 0.3 is 11.9 Å². The van der Waals surface area contributed by atoms with Crippen LogP contribution in [0.25, 0.3) is 0 Å². The van der Waals surface area contributed by atoms with E-state index >= 15 is 0 Å². The summed E-state index contributed by atoms with van der Waals surface area (Å²) in [7, 11) is 0. The molecule has 4 heteroatoms. The number of aromatic carboxylic acids is 2. The van der Waals surface area contributed by atoms with E-state index in [0.29, 0.717) is 35.8 Å². The zero-order valence-corrected chi connectivity index (χ0v) is 20.9. The Bertz CT molecular complexity index is 636. The topological polar surface area (TPSA) is 74.6 Å². The van der Waals surface area contributed by atoms with Gasteiger partial charge in [0.15, 0.2) is 0 Å². The van der Waals surface area contributed by atoms with Crippen LogP contribution in [-0.2, 0) is 12.8 Å². The lowest BCUT2D eigenvalue weighted by molar-refractivity contribution is 0.0678. The molecule has 0 aliphatic rings. The van der Waals surface area contributed by atoms with Gasteiger partial charge in [0.05, 0.1) is 11.1 Å². The van der Waals surface area contributed by atoms with E-state index in [1.807, 2.05) is 0 Å². The van der Waals surface area contributed by atoms with Crippen molar-refractivity contribution in [1.82, 2.24) is 0 Å². The molecule has 1 rings (SSSR count). The van der Waals surface area contributed by atoms with Crippen molar-refractivity contribution in [1.29, 1.82) is 0 Å². The van der Waals surface area contributed by atoms with E-state index in [1.165, 1.54) is 25.0 Å². The summed E-state index contributed by atoms with van der Waals surface area (Å²) in [4.78, 5) is 24.3. The average molecular weight is 447 g/mol. The molecule has 1 aromatic carbocycles. The van der Waals surface area contributed by atoms with Crippen molar-refractivity contribution in [3.63, 3.8) is 0 Å². The Morgan fingerprint density at radius 3 is 1.28 bits per heavy atom. The van der Waals surface area contributed by atoms with Gasteiger partial charge in [-0.3, -0.25) is 0 Å². The SMILES string of the molecule is CCCCCC(CCC)Cc1c(C(=O)O)ccc(C(=O)O)c1CC(CCC)CCCCC. The van der Waals surface area contributed by atoms with E-state index in [2.05, 4.69) is 27.7 Å². The number of unbranched alkanes of at least 4 members (excludes halogenated alkanes) is 4. The molecule has 0 aliphatic carbocycles. The highest BCUT2D eigenvalue weighted by atomic mass is 16.4. The lowest BCUT2D eigenvalue weighted by Crippen LogP contribution is -2.18. The molecule has 0 saturated heterocycles. The molecule has 0 heterocycles. The van der Waals surface area contributed by atoms with Crippen molar-refractivity contribution in [2.75, 3.05) is 0 Å². The third kappa shape index (κ3) is 9.34. The largest absolute Gasteiger partial charge is 0.478 e. The molecule has 2 atom stereocenters. The minimum atomic E-state index is -0.944. The highest BCUT2D eigenvalue weighted by Gasteiger charge is 2.25. The van der Waals surface area contributed by atoms with Gasteiger partial charge in [0.25, 0.3) is 0 Å². The predicted octanol–water partition coefficient (Wildman–Crippen LogP) is 8.16. The third-order valence-corrected chi connectivity index (χ3v) is 6.70. The van der Waals surface area contributed by atoms with Crippen molar-refractivity contribution in [2.24, 2.45) is 11.8 Å². The van der Waals surface area contributed by atoms with Crippen molar-refractivity contribution < 1.29 is 19.8 Å². The van der Waals surface area contributed by atoms with Crippen molar-refractivity contribution >= 4 is 11.9 Å². The predicted molar refractivity (Wildman–Crippen MR) is 133 cm³/mol. The first kappa shape index (κ1) is 28.2. The summed E-state index contributed by atoms with van der Waals surface area (Å²) in [6.07, 6.45) is 14.7. The second-order valence-electron chi connectivity index (χ2n) is 9.44. The van der Waals surface area contributed by atoms with Crippen LogP contribution in [0, 0.1) is 11.8 Å². The fourth-order valence-corrected chi connectivity index (χ4v) is 5.02. The fraction of sp³-hybridized carbons (Fsp3) is 0.714. The van der Waals surface area contributed by atoms with Gasteiger partial charge in [0.2, 0.25) is 0 Å². The molecule has 0 aromatic heterocycles. The van der Waals surface area contributed by atoms with Crippen LogP contribution < -0.4 is 0 Å². The molecular weight excluding hydrogens is 400 g/mol. The Labute approximate surface area is 195 Å². The van der Waals surface area contributed by atoms with Crippen LogP contribution in [0.1, 0.15) is 137 Å². The lowest BCUT2D eigenvalue weighted by Gasteiger charge is -2.24. The molecule has 2 N–H and O–H groups in total. The number of carboxylic acids is 2. The Morgan fingerprint density at radius 1 is 0.625 bits per heavy atom. The fourth-order valence-electron chi connectivity index (χ4n) is 5.02. The quantitative estimate of drug-likeness (QED) is 0.223. The summed E-state index contributed by atoms with van der Waals surface area (Å²) in [6.45, 7) is 8.73. The summed E-state index contributed by atoms with van der Waals surface area (Å²) in [5, 5.41) is 19.9. The van der Waals surface area contributed by atoms with Crippen LogP contribution >= 0.6 is 0 Å². The summed E-state index contributed by atoms with van der Waals surface area (Å²) in [5.41, 5.74) is 2.16. The first-order valence-electron chi connectivity index (χ1n) is 13.0. The average Bonchev–Trinajstić information content (AvgIpc) is 2.74. The summed E-state index contributed by atoms with van der Waals surface area (Å²) < 4.78 is 0. The number of hydrogen-bond acceptors (Lipinski definition) is 2. The van der Waals surface area contributed by atoms with Crippen LogP contribution in [-0.4, -0.2) is 22.2 Å². The van der Waals surface area contributed by atoms with Crippen molar-refractivity contribution in [3.8, 4) is 0 Å². The van der Waals surface area contributed by atoms with Gasteiger partial charge in [-0.05, 0) is 47.9 Å². The van der Waals surface area contributed by atoms with Crippen LogP contribution in [0.15, 0.2) is 12.1 Å². The minimum Gasteiger partial charge on any atom is -0.478 e. The summed E-state index contributed by atoms with van der Waals surface area (Å²) >= 11 is 0. The van der Waals surface area contributed by atoms with Gasteiger partial charge in [-0.15, -0.1) is 0 Å². The molecule has 0 bridgehead atoms. The molecule has 1 aromatic rings. The van der Waals surface area contributed by atoms with Gasteiger partial charge in [-0.25, -0.2) is 9.59 Å². The zero-order valence-electron chi connectivity index (χ0n) is 20.9. The van der Waals surface area contributed by atoms with Crippen molar-refractivity contribution in [3.05, 3.63) is 34.4 Å². The first-order valence-corrected chi connectivity index (χ1v) is 13.0. The molecule has 0 amide bonds. The van der Waals surface area contributed by atoms with E-state index in [1.54, 1.807) is 0 Å². The van der Waals surface area contributed by atoms with E-state index in [9.17, 15) is 19.8 Å². The van der Waals surface area contributed by atoms with E-state index < -0.39 is 11.9 Å². The molecular formula is C28H46O4. The molecule has 2 unspecified atom stereocenters. The highest BCUT2D eigenvalue weighted by Crippen LogP contribution is 2.31. The second kappa shape index (κ2) is 15.9. The third-order valence-electron chi connectivity index (χ3n) is 6.70. The maximum absolute atomic E-state index is 12.1. The van der Waals surface area contributed by atoms with Crippen LogP contribution in [0.4, 0.5) is 0 Å². The first-order chi connectivity index (χ1) is 15.4. The molecule has 0 aliphatic heterocycles. The van der Waals surface area contributed by atoms with E-state index in [-0.39, 0.29) is 0 Å². The maximum Gasteiger partial charge on any atom is 0.335 e. The molecule has 0 spiro atoms. The summed E-state index contributed by atoms with van der Waals surface area (Å²) in [5.74, 6) is -1.09. The molecule has 32 heavy (non-hydrogen) atoms. The zero-order chi connectivity index (χ0) is 23.9. The monoisotopic (exact) mass is 446 g/mol. The van der Waals surface area contributed by atoms with Crippen LogP contribution in [0.5, 0.6) is 0 Å². The van der Waals surface area contributed by atoms with E-state index in [0.717, 1.165) is 75.3 Å². The minimum absolute atomic E-state index is 0.297. The molecule has 0 fully saturated rings. The van der Waals surface area contributed by atoms with Gasteiger partial charge in [0, 0.05) is 0 Å². The number of benzene rings is 1. The Hall–Kier alpha value is -1.84. The van der Waals surface area contributed by atoms with E-state index in [4.69, 9.17) is 0 Å². The van der Waals surface area contributed by atoms with Gasteiger partial charge in [0.1, 0.15) is 0 Å². The van der Waals surface area contributed by atoms with Crippen molar-refractivity contribution in [2.45, 2.75) is 118 Å². The maximum atomic E-state index is 12.1. The van der Waals surface area contributed by atoms with Crippen LogP contribution in [0.3, 0.4) is 0 Å². The Kier molecular flexibility index (Phi) is 14.0. The Balaban J connectivity index is 3.40. The number of rotatable bonds is 18. The standard InChI is InChI=1S/C28H46O4/c1-5-9-11-15-21(13-7-3)19-25-23(27(29)30)17-18-24(28(31)32)26(25)20-22(14-8-4)16-12-10-6-2/h17-18,21-22H,5-16,19-20H2,1-4H3,(H,29,30)(H,31,32). The van der Waals surface area contributed by atoms with Gasteiger partial charge in [-0.2, -0.15) is 0 Å². The smallest absolute Gasteiger partial charge is 0.335 e. The van der Waals surface area contributed by atoms with Gasteiger partial charge < -0.3 is 10.2 Å². The normalized spacial score (nSPS) is 13.1. The molecule has 0 saturated carbocycles. The second-order valence-corrected chi connectivity index (χ2v) is 9.44. The highest BCUT2D eigenvalue weighted by molar-refractivity contribution is 5.95. The Morgan fingerprint density at radius 2 is 1.00 bits per heavy atom. The molecule has 0 radical (unpaired) electrons. The number of hydrogen-bond donors (Lipinski definition) is 2.